The lowest BCUT2D eigenvalue weighted by molar-refractivity contribution is 0.376. The number of amidine groups is 1. The predicted octanol–water partition coefficient (Wildman–Crippen LogP) is 3.05. The molecule has 2 unspecified atom stereocenters. The highest BCUT2D eigenvalue weighted by Crippen LogP contribution is 2.37. The Kier molecular flexibility index (Phi) is 5.49. The van der Waals surface area contributed by atoms with E-state index in [1.54, 1.807) is 18.2 Å². The van der Waals surface area contributed by atoms with Crippen LogP contribution in [0.4, 0.5) is 0 Å². The van der Waals surface area contributed by atoms with Gasteiger partial charge in [0.05, 0.1) is 28.8 Å². The van der Waals surface area contributed by atoms with E-state index in [2.05, 4.69) is 5.10 Å². The van der Waals surface area contributed by atoms with Crippen molar-refractivity contribution in [3.8, 4) is 0 Å². The van der Waals surface area contributed by atoms with Crippen LogP contribution >= 0.6 is 51.9 Å². The fourth-order valence-electron chi connectivity index (χ4n) is 2.35. The molecule has 1 aromatic carbocycles. The molecule has 2 aliphatic rings. The molecule has 5 nitrogen and oxygen atoms in total. The Labute approximate surface area is 153 Å². The van der Waals surface area contributed by atoms with Gasteiger partial charge in [0.25, 0.3) is 0 Å². The highest BCUT2D eigenvalue weighted by molar-refractivity contribution is 8.93. The molecule has 0 saturated carbocycles. The van der Waals surface area contributed by atoms with Crippen molar-refractivity contribution in [2.75, 3.05) is 11.5 Å². The zero-order valence-electron chi connectivity index (χ0n) is 11.1. The van der Waals surface area contributed by atoms with Gasteiger partial charge in [-0.25, -0.2) is 13.4 Å². The SMILES string of the molecule is Br.N=C1SC2CS(=O)(=O)CC2N1N=Cc1ccc(Cl)cc1Cl. The number of halogens is 3. The van der Waals surface area contributed by atoms with Gasteiger partial charge in [0, 0.05) is 15.8 Å². The molecule has 0 spiro atoms. The van der Waals surface area contributed by atoms with Crippen LogP contribution in [0.2, 0.25) is 10.0 Å². The summed E-state index contributed by atoms with van der Waals surface area (Å²) >= 11 is 13.1. The third-order valence-corrected chi connectivity index (χ3v) is 7.02. The number of benzene rings is 1. The van der Waals surface area contributed by atoms with E-state index in [-0.39, 0.29) is 44.9 Å². The van der Waals surface area contributed by atoms with Crippen molar-refractivity contribution in [3.63, 3.8) is 0 Å². The molecule has 1 aromatic rings. The summed E-state index contributed by atoms with van der Waals surface area (Å²) in [5.41, 5.74) is 0.670. The summed E-state index contributed by atoms with van der Waals surface area (Å²) in [5, 5.41) is 14.8. The minimum Gasteiger partial charge on any atom is -0.277 e. The second-order valence-electron chi connectivity index (χ2n) is 4.86. The van der Waals surface area contributed by atoms with Crippen molar-refractivity contribution >= 4 is 73.2 Å². The molecular formula is C12H12BrCl2N3O2S2. The minimum absolute atomic E-state index is 0. The number of thioether (sulfide) groups is 1. The molecule has 2 saturated heterocycles. The van der Waals surface area contributed by atoms with Gasteiger partial charge in [-0.15, -0.1) is 17.0 Å². The van der Waals surface area contributed by atoms with Gasteiger partial charge >= 0.3 is 0 Å². The lowest BCUT2D eigenvalue weighted by Gasteiger charge is -2.17. The lowest BCUT2D eigenvalue weighted by Crippen LogP contribution is -2.32. The Bertz CT molecular complexity index is 742. The number of nitrogens with one attached hydrogen (secondary N) is 1. The van der Waals surface area contributed by atoms with Gasteiger partial charge in [-0.05, 0) is 12.1 Å². The van der Waals surface area contributed by atoms with Crippen molar-refractivity contribution in [3.05, 3.63) is 33.8 Å². The van der Waals surface area contributed by atoms with Gasteiger partial charge < -0.3 is 0 Å². The summed E-state index contributed by atoms with van der Waals surface area (Å²) in [6, 6.07) is 4.76. The van der Waals surface area contributed by atoms with E-state index in [9.17, 15) is 8.42 Å². The van der Waals surface area contributed by atoms with Crippen LogP contribution in [0.15, 0.2) is 23.3 Å². The van der Waals surface area contributed by atoms with Crippen molar-refractivity contribution < 1.29 is 8.42 Å². The van der Waals surface area contributed by atoms with Gasteiger partial charge in [-0.3, -0.25) is 5.41 Å². The summed E-state index contributed by atoms with van der Waals surface area (Å²) in [4.78, 5) is 0. The Hall–Kier alpha value is -0.280. The van der Waals surface area contributed by atoms with Gasteiger partial charge in [0.2, 0.25) is 0 Å². The number of nitrogens with zero attached hydrogens (tertiary/aromatic N) is 2. The molecule has 3 rings (SSSR count). The van der Waals surface area contributed by atoms with E-state index >= 15 is 0 Å². The molecule has 2 fully saturated rings. The highest BCUT2D eigenvalue weighted by Gasteiger charge is 2.48. The Morgan fingerprint density at radius 1 is 1.36 bits per heavy atom. The predicted molar refractivity (Wildman–Crippen MR) is 97.8 cm³/mol. The summed E-state index contributed by atoms with van der Waals surface area (Å²) in [6.07, 6.45) is 1.53. The Morgan fingerprint density at radius 3 is 2.77 bits per heavy atom. The van der Waals surface area contributed by atoms with Crippen LogP contribution in [-0.4, -0.2) is 47.6 Å². The molecule has 120 valence electrons. The summed E-state index contributed by atoms with van der Waals surface area (Å²) in [7, 11) is -3.04. The fourth-order valence-corrected chi connectivity index (χ4v) is 6.53. The minimum atomic E-state index is -3.04. The first-order chi connectivity index (χ1) is 9.85. The van der Waals surface area contributed by atoms with Gasteiger partial charge in [0.15, 0.2) is 15.0 Å². The summed E-state index contributed by atoms with van der Waals surface area (Å²) < 4.78 is 23.3. The molecule has 2 heterocycles. The number of sulfone groups is 1. The van der Waals surface area contributed by atoms with E-state index < -0.39 is 9.84 Å². The molecule has 0 aromatic heterocycles. The first-order valence-electron chi connectivity index (χ1n) is 6.10. The van der Waals surface area contributed by atoms with E-state index in [0.717, 1.165) is 0 Å². The number of fused-ring (bicyclic) bond motifs is 1. The fraction of sp³-hybridized carbons (Fsp3) is 0.333. The average molecular weight is 445 g/mol. The average Bonchev–Trinajstić information content (AvgIpc) is 2.80. The monoisotopic (exact) mass is 443 g/mol. The molecule has 1 N–H and O–H groups in total. The molecule has 10 heteroatoms. The van der Waals surface area contributed by atoms with Crippen LogP contribution in [0.5, 0.6) is 0 Å². The zero-order valence-corrected chi connectivity index (χ0v) is 15.9. The molecule has 2 atom stereocenters. The van der Waals surface area contributed by atoms with E-state index in [0.29, 0.717) is 15.6 Å². The molecule has 0 radical (unpaired) electrons. The van der Waals surface area contributed by atoms with Crippen LogP contribution in [0, 0.1) is 5.41 Å². The Morgan fingerprint density at radius 2 is 2.09 bits per heavy atom. The molecule has 0 bridgehead atoms. The van der Waals surface area contributed by atoms with Crippen LogP contribution in [0.25, 0.3) is 0 Å². The number of rotatable bonds is 2. The smallest absolute Gasteiger partial charge is 0.177 e. The Balaban J connectivity index is 0.00000176. The topological polar surface area (TPSA) is 73.6 Å². The standard InChI is InChI=1S/C12H11Cl2N3O2S2.BrH/c13-8-2-1-7(9(14)3-8)4-16-17-10-5-21(18,19)6-11(10)20-12(17)15;/h1-4,10-11,15H,5-6H2;1H. The second-order valence-corrected chi connectivity index (χ2v) is 9.09. The van der Waals surface area contributed by atoms with Crippen LogP contribution in [0.3, 0.4) is 0 Å². The third-order valence-electron chi connectivity index (χ3n) is 3.34. The summed E-state index contributed by atoms with van der Waals surface area (Å²) in [6.45, 7) is 0. The molecule has 22 heavy (non-hydrogen) atoms. The van der Waals surface area contributed by atoms with Crippen LogP contribution < -0.4 is 0 Å². The first-order valence-corrected chi connectivity index (χ1v) is 9.55. The van der Waals surface area contributed by atoms with E-state index in [1.807, 2.05) is 0 Å². The molecule has 2 aliphatic heterocycles. The van der Waals surface area contributed by atoms with Gasteiger partial charge in [0.1, 0.15) is 0 Å². The molecular weight excluding hydrogens is 433 g/mol. The quantitative estimate of drug-likeness (QED) is 0.711. The number of hydrogen-bond donors (Lipinski definition) is 1. The zero-order chi connectivity index (χ0) is 15.2. The van der Waals surface area contributed by atoms with Gasteiger partial charge in [-0.2, -0.15) is 5.10 Å². The van der Waals surface area contributed by atoms with Crippen molar-refractivity contribution in [1.82, 2.24) is 5.01 Å². The van der Waals surface area contributed by atoms with Gasteiger partial charge in [-0.1, -0.05) is 41.0 Å². The maximum absolute atomic E-state index is 11.7. The normalized spacial score (nSPS) is 26.3. The largest absolute Gasteiger partial charge is 0.277 e. The van der Waals surface area contributed by atoms with E-state index in [4.69, 9.17) is 28.6 Å². The van der Waals surface area contributed by atoms with Crippen molar-refractivity contribution in [2.45, 2.75) is 11.3 Å². The first kappa shape index (κ1) is 18.1. The molecule has 0 amide bonds. The maximum atomic E-state index is 11.7. The van der Waals surface area contributed by atoms with E-state index in [1.165, 1.54) is 23.0 Å². The summed E-state index contributed by atoms with van der Waals surface area (Å²) in [5.74, 6) is 0.150. The maximum Gasteiger partial charge on any atom is 0.177 e. The van der Waals surface area contributed by atoms with Crippen molar-refractivity contribution in [2.24, 2.45) is 5.10 Å². The lowest BCUT2D eigenvalue weighted by atomic mass is 10.2. The third kappa shape index (κ3) is 3.62. The number of hydrogen-bond acceptors (Lipinski definition) is 5. The highest BCUT2D eigenvalue weighted by atomic mass is 79.9. The van der Waals surface area contributed by atoms with Crippen LogP contribution in [-0.2, 0) is 9.84 Å². The second kappa shape index (κ2) is 6.68. The molecule has 0 aliphatic carbocycles. The number of hydrazone groups is 1. The van der Waals surface area contributed by atoms with Crippen LogP contribution in [0.1, 0.15) is 5.56 Å². The van der Waals surface area contributed by atoms with Crippen molar-refractivity contribution in [1.29, 1.82) is 5.41 Å².